The van der Waals surface area contributed by atoms with Crippen LogP contribution in [0.25, 0.3) is 0 Å². The minimum Gasteiger partial charge on any atom is -0.480 e. The van der Waals surface area contributed by atoms with Gasteiger partial charge in [-0.15, -0.1) is 0 Å². The molecule has 92 valence electrons. The SMILES string of the molecule is NC(=O)CN(CC(=O)O)C(=O)c1ccoc1Cl. The molecule has 8 heteroatoms. The van der Waals surface area contributed by atoms with Crippen LogP contribution in [0, 0.1) is 0 Å². The zero-order chi connectivity index (χ0) is 13.0. The standard InChI is InChI=1S/C9H9ClN2O5/c10-8-5(1-2-17-8)9(16)12(3-6(11)13)4-7(14)15/h1-2H,3-4H2,(H2,11,13)(H,14,15). The Balaban J connectivity index is 2.90. The summed E-state index contributed by atoms with van der Waals surface area (Å²) >= 11 is 5.57. The molecule has 0 saturated carbocycles. The largest absolute Gasteiger partial charge is 0.480 e. The monoisotopic (exact) mass is 260 g/mol. The number of furan rings is 1. The van der Waals surface area contributed by atoms with Gasteiger partial charge in [-0.2, -0.15) is 0 Å². The minimum atomic E-state index is -1.26. The van der Waals surface area contributed by atoms with Crippen molar-refractivity contribution in [2.24, 2.45) is 5.73 Å². The van der Waals surface area contributed by atoms with Crippen molar-refractivity contribution in [2.75, 3.05) is 13.1 Å². The van der Waals surface area contributed by atoms with Crippen molar-refractivity contribution in [2.45, 2.75) is 0 Å². The molecule has 0 aromatic carbocycles. The van der Waals surface area contributed by atoms with Gasteiger partial charge < -0.3 is 20.2 Å². The first-order valence-electron chi connectivity index (χ1n) is 4.44. The lowest BCUT2D eigenvalue weighted by Crippen LogP contribution is -2.41. The van der Waals surface area contributed by atoms with Gasteiger partial charge in [-0.05, 0) is 17.7 Å². The number of primary amides is 1. The highest BCUT2D eigenvalue weighted by atomic mass is 35.5. The molecule has 2 amide bonds. The Kier molecular flexibility index (Phi) is 4.11. The van der Waals surface area contributed by atoms with Crippen molar-refractivity contribution in [3.63, 3.8) is 0 Å². The first-order chi connectivity index (χ1) is 7.91. The van der Waals surface area contributed by atoms with E-state index in [-0.39, 0.29) is 10.8 Å². The Morgan fingerprint density at radius 1 is 1.41 bits per heavy atom. The molecule has 0 aliphatic heterocycles. The minimum absolute atomic E-state index is 0.0193. The molecule has 0 bridgehead atoms. The van der Waals surface area contributed by atoms with Crippen LogP contribution in [-0.4, -0.2) is 40.9 Å². The molecule has 1 aromatic heterocycles. The molecule has 0 spiro atoms. The first kappa shape index (κ1) is 13.0. The highest BCUT2D eigenvalue weighted by Crippen LogP contribution is 2.18. The van der Waals surface area contributed by atoms with Gasteiger partial charge in [-0.1, -0.05) is 0 Å². The van der Waals surface area contributed by atoms with Gasteiger partial charge in [-0.3, -0.25) is 14.4 Å². The fourth-order valence-electron chi connectivity index (χ4n) is 1.17. The van der Waals surface area contributed by atoms with Crippen molar-refractivity contribution < 1.29 is 23.9 Å². The van der Waals surface area contributed by atoms with Gasteiger partial charge in [0.1, 0.15) is 13.1 Å². The maximum absolute atomic E-state index is 11.8. The summed E-state index contributed by atoms with van der Waals surface area (Å²) in [5.74, 6) is -2.82. The number of carboxylic acids is 1. The summed E-state index contributed by atoms with van der Waals surface area (Å²) in [4.78, 5) is 33.9. The summed E-state index contributed by atoms with van der Waals surface area (Å²) in [6.07, 6.45) is 1.18. The summed E-state index contributed by atoms with van der Waals surface area (Å²) in [5.41, 5.74) is 4.90. The quantitative estimate of drug-likeness (QED) is 0.770. The third kappa shape index (κ3) is 3.49. The summed E-state index contributed by atoms with van der Waals surface area (Å²) in [5, 5.41) is 8.44. The Morgan fingerprint density at radius 3 is 2.47 bits per heavy atom. The maximum Gasteiger partial charge on any atom is 0.323 e. The van der Waals surface area contributed by atoms with Crippen LogP contribution in [0.4, 0.5) is 0 Å². The molecule has 0 atom stereocenters. The number of nitrogens with zero attached hydrogens (tertiary/aromatic N) is 1. The molecule has 1 heterocycles. The lowest BCUT2D eigenvalue weighted by Gasteiger charge is -2.17. The van der Waals surface area contributed by atoms with E-state index < -0.39 is 30.9 Å². The third-order valence-electron chi connectivity index (χ3n) is 1.81. The number of amides is 2. The molecule has 0 unspecified atom stereocenters. The van der Waals surface area contributed by atoms with Crippen LogP contribution in [0.3, 0.4) is 0 Å². The van der Waals surface area contributed by atoms with E-state index in [0.717, 1.165) is 4.90 Å². The predicted octanol–water partition coefficient (Wildman–Crippen LogP) is -0.0549. The van der Waals surface area contributed by atoms with Gasteiger partial charge in [0.2, 0.25) is 11.1 Å². The Bertz CT molecular complexity index is 440. The molecule has 0 saturated heterocycles. The van der Waals surface area contributed by atoms with Gasteiger partial charge >= 0.3 is 5.97 Å². The van der Waals surface area contributed by atoms with E-state index >= 15 is 0 Å². The number of rotatable bonds is 5. The second-order valence-electron chi connectivity index (χ2n) is 3.13. The molecule has 0 fully saturated rings. The van der Waals surface area contributed by atoms with Crippen LogP contribution in [0.5, 0.6) is 0 Å². The van der Waals surface area contributed by atoms with Crippen LogP contribution in [0.2, 0.25) is 5.22 Å². The second-order valence-corrected chi connectivity index (χ2v) is 3.47. The van der Waals surface area contributed by atoms with Gasteiger partial charge in [0.15, 0.2) is 0 Å². The van der Waals surface area contributed by atoms with Crippen molar-refractivity contribution in [3.8, 4) is 0 Å². The lowest BCUT2D eigenvalue weighted by molar-refractivity contribution is -0.138. The van der Waals surface area contributed by atoms with Crippen LogP contribution in [-0.2, 0) is 9.59 Å². The smallest absolute Gasteiger partial charge is 0.323 e. The van der Waals surface area contributed by atoms with Crippen LogP contribution >= 0.6 is 11.6 Å². The molecular formula is C9H9ClN2O5. The molecule has 3 N–H and O–H groups in total. The number of carbonyl (C=O) groups excluding carboxylic acids is 2. The molecular weight excluding hydrogens is 252 g/mol. The molecule has 7 nitrogen and oxygen atoms in total. The van der Waals surface area contributed by atoms with Crippen LogP contribution < -0.4 is 5.73 Å². The average molecular weight is 261 g/mol. The number of carboxylic acid groups (broad SMARTS) is 1. The van der Waals surface area contributed by atoms with Gasteiger partial charge in [0, 0.05) is 0 Å². The van der Waals surface area contributed by atoms with E-state index in [1.54, 1.807) is 0 Å². The van der Waals surface area contributed by atoms with E-state index in [9.17, 15) is 14.4 Å². The van der Waals surface area contributed by atoms with Gasteiger partial charge in [-0.25, -0.2) is 0 Å². The zero-order valence-corrected chi connectivity index (χ0v) is 9.31. The van der Waals surface area contributed by atoms with Gasteiger partial charge in [0.25, 0.3) is 5.91 Å². The fraction of sp³-hybridized carbons (Fsp3) is 0.222. The molecule has 1 rings (SSSR count). The van der Waals surface area contributed by atoms with Crippen LogP contribution in [0.15, 0.2) is 16.7 Å². The number of hydrogen-bond donors (Lipinski definition) is 2. The van der Waals surface area contributed by atoms with E-state index in [1.165, 1.54) is 12.3 Å². The van der Waals surface area contributed by atoms with E-state index in [4.69, 9.17) is 26.9 Å². The normalized spacial score (nSPS) is 9.94. The lowest BCUT2D eigenvalue weighted by atomic mass is 10.3. The number of halogens is 1. The topological polar surface area (TPSA) is 114 Å². The van der Waals surface area contributed by atoms with Crippen LogP contribution in [0.1, 0.15) is 10.4 Å². The van der Waals surface area contributed by atoms with E-state index in [2.05, 4.69) is 0 Å². The number of carbonyl (C=O) groups is 3. The molecule has 0 radical (unpaired) electrons. The van der Waals surface area contributed by atoms with E-state index in [1.807, 2.05) is 0 Å². The Labute approximate surface area is 101 Å². The predicted molar refractivity (Wildman–Crippen MR) is 56.5 cm³/mol. The highest BCUT2D eigenvalue weighted by molar-refractivity contribution is 6.32. The summed E-state index contributed by atoms with van der Waals surface area (Å²) in [6.45, 7) is -1.16. The van der Waals surface area contributed by atoms with Crippen molar-refractivity contribution in [1.82, 2.24) is 4.90 Å². The second kappa shape index (κ2) is 5.35. The van der Waals surface area contributed by atoms with Crippen molar-refractivity contribution >= 4 is 29.4 Å². The number of aliphatic carboxylic acids is 1. The highest BCUT2D eigenvalue weighted by Gasteiger charge is 2.23. The Morgan fingerprint density at radius 2 is 2.06 bits per heavy atom. The molecule has 17 heavy (non-hydrogen) atoms. The molecule has 1 aromatic rings. The number of nitrogens with two attached hydrogens (primary N) is 1. The summed E-state index contributed by atoms with van der Waals surface area (Å²) in [6, 6.07) is 1.28. The molecule has 0 aliphatic carbocycles. The summed E-state index contributed by atoms with van der Waals surface area (Å²) < 4.78 is 4.70. The average Bonchev–Trinajstić information content (AvgIpc) is 2.61. The maximum atomic E-state index is 11.8. The first-order valence-corrected chi connectivity index (χ1v) is 4.82. The fourth-order valence-corrected chi connectivity index (χ4v) is 1.36. The van der Waals surface area contributed by atoms with Gasteiger partial charge in [0.05, 0.1) is 11.8 Å². The summed E-state index contributed by atoms with van der Waals surface area (Å²) in [7, 11) is 0. The van der Waals surface area contributed by atoms with Crippen molar-refractivity contribution in [1.29, 1.82) is 0 Å². The number of hydrogen-bond acceptors (Lipinski definition) is 4. The van der Waals surface area contributed by atoms with Crippen molar-refractivity contribution in [3.05, 3.63) is 23.1 Å². The molecule has 0 aliphatic rings. The zero-order valence-electron chi connectivity index (χ0n) is 8.55. The van der Waals surface area contributed by atoms with E-state index in [0.29, 0.717) is 0 Å². The third-order valence-corrected chi connectivity index (χ3v) is 2.10. The Hall–Kier alpha value is -2.02.